The maximum atomic E-state index is 14.3. The summed E-state index contributed by atoms with van der Waals surface area (Å²) in [5.41, 5.74) is 7.74. The second kappa shape index (κ2) is 5.41. The zero-order valence-electron chi connectivity index (χ0n) is 11.5. The molecule has 2 atom stereocenters. The minimum absolute atomic E-state index is 0.0185. The van der Waals surface area contributed by atoms with Gasteiger partial charge in [-0.2, -0.15) is 0 Å². The highest BCUT2D eigenvalue weighted by Gasteiger charge is 2.45. The number of halogens is 2. The van der Waals surface area contributed by atoms with E-state index in [9.17, 15) is 9.50 Å². The fourth-order valence-corrected chi connectivity index (χ4v) is 3.54. The van der Waals surface area contributed by atoms with E-state index in [2.05, 4.69) is 0 Å². The lowest BCUT2D eigenvalue weighted by molar-refractivity contribution is 0.0807. The first-order valence-electron chi connectivity index (χ1n) is 7.00. The van der Waals surface area contributed by atoms with Crippen LogP contribution in [0.1, 0.15) is 29.2 Å². The average molecular weight is 306 g/mol. The topological polar surface area (TPSA) is 46.2 Å². The maximum absolute atomic E-state index is 14.3. The van der Waals surface area contributed by atoms with E-state index in [1.807, 2.05) is 24.3 Å². The minimum atomic E-state index is -1.01. The minimum Gasteiger partial charge on any atom is -0.387 e. The number of hydrogen-bond acceptors (Lipinski definition) is 2. The van der Waals surface area contributed by atoms with Gasteiger partial charge in [-0.1, -0.05) is 48.0 Å². The molecule has 0 aromatic heterocycles. The molecule has 0 amide bonds. The van der Waals surface area contributed by atoms with Crippen molar-refractivity contribution in [3.63, 3.8) is 0 Å². The summed E-state index contributed by atoms with van der Waals surface area (Å²) in [7, 11) is 0. The molecule has 2 aromatic rings. The van der Waals surface area contributed by atoms with E-state index in [4.69, 9.17) is 17.3 Å². The van der Waals surface area contributed by atoms with Crippen LogP contribution < -0.4 is 5.73 Å². The smallest absolute Gasteiger partial charge is 0.147 e. The highest BCUT2D eigenvalue weighted by molar-refractivity contribution is 6.30. The lowest BCUT2D eigenvalue weighted by Crippen LogP contribution is -2.39. The van der Waals surface area contributed by atoms with Crippen LogP contribution in [0.5, 0.6) is 0 Å². The summed E-state index contributed by atoms with van der Waals surface area (Å²) >= 11 is 5.84. The number of rotatable bonds is 3. The largest absolute Gasteiger partial charge is 0.387 e. The standard InChI is InChI=1S/C17H17ClFNO/c18-14-7-3-5-12(15(14)19)16(21)17(10-20)9-8-11-4-1-2-6-13(11)17/h1-7,16,21H,8-10,20H2. The Labute approximate surface area is 128 Å². The Kier molecular flexibility index (Phi) is 3.74. The third kappa shape index (κ3) is 2.16. The molecule has 0 bridgehead atoms. The van der Waals surface area contributed by atoms with Crippen LogP contribution in [-0.4, -0.2) is 11.7 Å². The van der Waals surface area contributed by atoms with Crippen LogP contribution in [0.25, 0.3) is 0 Å². The second-order valence-corrected chi connectivity index (χ2v) is 5.97. The molecule has 0 fully saturated rings. The van der Waals surface area contributed by atoms with E-state index in [0.717, 1.165) is 12.0 Å². The average Bonchev–Trinajstić information content (AvgIpc) is 2.89. The predicted octanol–water partition coefficient (Wildman–Crippen LogP) is 3.36. The molecule has 2 unspecified atom stereocenters. The van der Waals surface area contributed by atoms with Gasteiger partial charge in [0.05, 0.1) is 11.1 Å². The molecular formula is C17H17ClFNO. The molecular weight excluding hydrogens is 289 g/mol. The first kappa shape index (κ1) is 14.5. The molecule has 1 aliphatic rings. The van der Waals surface area contributed by atoms with Crippen molar-refractivity contribution in [2.75, 3.05) is 6.54 Å². The van der Waals surface area contributed by atoms with E-state index in [-0.39, 0.29) is 17.1 Å². The number of aliphatic hydroxyl groups is 1. The summed E-state index contributed by atoms with van der Waals surface area (Å²) in [4.78, 5) is 0. The molecule has 4 heteroatoms. The molecule has 3 N–H and O–H groups in total. The fourth-order valence-electron chi connectivity index (χ4n) is 3.35. The van der Waals surface area contributed by atoms with Crippen LogP contribution in [-0.2, 0) is 11.8 Å². The normalized spacial score (nSPS) is 22.1. The molecule has 110 valence electrons. The van der Waals surface area contributed by atoms with Crippen molar-refractivity contribution >= 4 is 11.6 Å². The summed E-state index contributed by atoms with van der Waals surface area (Å²) in [6.45, 7) is 0.261. The van der Waals surface area contributed by atoms with Gasteiger partial charge in [0.2, 0.25) is 0 Å². The second-order valence-electron chi connectivity index (χ2n) is 5.56. The van der Waals surface area contributed by atoms with Crippen molar-refractivity contribution in [2.45, 2.75) is 24.4 Å². The molecule has 1 aliphatic carbocycles. The summed E-state index contributed by atoms with van der Waals surface area (Å²) in [5, 5.41) is 10.9. The van der Waals surface area contributed by atoms with Crippen molar-refractivity contribution in [1.29, 1.82) is 0 Å². The van der Waals surface area contributed by atoms with Gasteiger partial charge in [-0.25, -0.2) is 4.39 Å². The van der Waals surface area contributed by atoms with Crippen LogP contribution in [0.2, 0.25) is 5.02 Å². The number of nitrogens with two attached hydrogens (primary N) is 1. The number of benzene rings is 2. The van der Waals surface area contributed by atoms with Gasteiger partial charge >= 0.3 is 0 Å². The lowest BCUT2D eigenvalue weighted by Gasteiger charge is -2.34. The lowest BCUT2D eigenvalue weighted by atomic mass is 9.74. The summed E-state index contributed by atoms with van der Waals surface area (Å²) in [6.07, 6.45) is 0.535. The molecule has 2 nitrogen and oxygen atoms in total. The molecule has 3 rings (SSSR count). The number of fused-ring (bicyclic) bond motifs is 1. The van der Waals surface area contributed by atoms with Crippen molar-refractivity contribution in [2.24, 2.45) is 5.73 Å². The van der Waals surface area contributed by atoms with Gasteiger partial charge in [0, 0.05) is 17.5 Å². The van der Waals surface area contributed by atoms with Crippen LogP contribution in [0.3, 0.4) is 0 Å². The first-order valence-corrected chi connectivity index (χ1v) is 7.38. The van der Waals surface area contributed by atoms with Gasteiger partial charge in [-0.15, -0.1) is 0 Å². The summed E-state index contributed by atoms with van der Waals surface area (Å²) in [6, 6.07) is 12.6. The molecule has 0 saturated carbocycles. The number of hydrogen-bond donors (Lipinski definition) is 2. The van der Waals surface area contributed by atoms with E-state index < -0.39 is 17.3 Å². The third-order valence-electron chi connectivity index (χ3n) is 4.56. The molecule has 0 aliphatic heterocycles. The van der Waals surface area contributed by atoms with Gasteiger partial charge in [0.25, 0.3) is 0 Å². The van der Waals surface area contributed by atoms with Crippen LogP contribution in [0.4, 0.5) is 4.39 Å². The van der Waals surface area contributed by atoms with Crippen LogP contribution in [0.15, 0.2) is 42.5 Å². The molecule has 21 heavy (non-hydrogen) atoms. The zero-order chi connectivity index (χ0) is 15.0. The van der Waals surface area contributed by atoms with Crippen LogP contribution >= 0.6 is 11.6 Å². The Balaban J connectivity index is 2.11. The number of aliphatic hydroxyl groups excluding tert-OH is 1. The van der Waals surface area contributed by atoms with Gasteiger partial charge in [0.1, 0.15) is 5.82 Å². The molecule has 2 aromatic carbocycles. The van der Waals surface area contributed by atoms with E-state index >= 15 is 0 Å². The predicted molar refractivity (Wildman–Crippen MR) is 81.9 cm³/mol. The van der Waals surface area contributed by atoms with E-state index in [1.54, 1.807) is 12.1 Å². The van der Waals surface area contributed by atoms with Crippen molar-refractivity contribution < 1.29 is 9.50 Å². The first-order chi connectivity index (χ1) is 10.1. The van der Waals surface area contributed by atoms with E-state index in [0.29, 0.717) is 6.42 Å². The Bertz CT molecular complexity index is 676. The van der Waals surface area contributed by atoms with Gasteiger partial charge in [0.15, 0.2) is 0 Å². The zero-order valence-corrected chi connectivity index (χ0v) is 12.3. The fraction of sp³-hybridized carbons (Fsp3) is 0.294. The third-order valence-corrected chi connectivity index (χ3v) is 4.85. The van der Waals surface area contributed by atoms with Crippen molar-refractivity contribution in [3.05, 3.63) is 70.0 Å². The monoisotopic (exact) mass is 305 g/mol. The van der Waals surface area contributed by atoms with Gasteiger partial charge in [-0.3, -0.25) is 0 Å². The van der Waals surface area contributed by atoms with Crippen LogP contribution in [0, 0.1) is 5.82 Å². The molecule has 0 radical (unpaired) electrons. The summed E-state index contributed by atoms with van der Waals surface area (Å²) < 4.78 is 14.3. The van der Waals surface area contributed by atoms with Crippen molar-refractivity contribution in [1.82, 2.24) is 0 Å². The Morgan fingerprint density at radius 3 is 2.76 bits per heavy atom. The molecule has 0 saturated heterocycles. The summed E-state index contributed by atoms with van der Waals surface area (Å²) in [5.74, 6) is -0.566. The molecule has 0 heterocycles. The highest BCUT2D eigenvalue weighted by atomic mass is 35.5. The molecule has 0 spiro atoms. The van der Waals surface area contributed by atoms with E-state index in [1.165, 1.54) is 11.6 Å². The van der Waals surface area contributed by atoms with Gasteiger partial charge in [-0.05, 0) is 30.0 Å². The maximum Gasteiger partial charge on any atom is 0.147 e. The highest BCUT2D eigenvalue weighted by Crippen LogP contribution is 2.47. The SMILES string of the molecule is NCC1(C(O)c2cccc(Cl)c2F)CCc2ccccc21. The Hall–Kier alpha value is -1.42. The Morgan fingerprint density at radius 1 is 1.24 bits per heavy atom. The Morgan fingerprint density at radius 2 is 2.00 bits per heavy atom. The quantitative estimate of drug-likeness (QED) is 0.913. The number of aryl methyl sites for hydroxylation is 1. The van der Waals surface area contributed by atoms with Gasteiger partial charge < -0.3 is 10.8 Å². The van der Waals surface area contributed by atoms with Crippen molar-refractivity contribution in [3.8, 4) is 0 Å².